The number of hydrogen-bond donors (Lipinski definition) is 1. The Labute approximate surface area is 139 Å². The highest BCUT2D eigenvalue weighted by atomic mass is 32.1. The van der Waals surface area contributed by atoms with E-state index < -0.39 is 0 Å². The lowest BCUT2D eigenvalue weighted by Gasteiger charge is -2.29. The van der Waals surface area contributed by atoms with Gasteiger partial charge < -0.3 is 19.7 Å². The minimum atomic E-state index is 0.639. The molecule has 0 atom stereocenters. The summed E-state index contributed by atoms with van der Waals surface area (Å²) in [4.78, 5) is 11.3. The van der Waals surface area contributed by atoms with Crippen LogP contribution in [0.1, 0.15) is 11.4 Å². The van der Waals surface area contributed by atoms with Crippen LogP contribution in [-0.2, 0) is 22.4 Å². The molecule has 0 spiro atoms. The third-order valence-electron chi connectivity index (χ3n) is 3.61. The zero-order valence-electron chi connectivity index (χ0n) is 13.2. The topological polar surface area (TPSA) is 72.4 Å². The van der Waals surface area contributed by atoms with Crippen molar-refractivity contribution in [2.75, 3.05) is 50.2 Å². The van der Waals surface area contributed by atoms with E-state index in [1.165, 1.54) is 11.5 Å². The third-order valence-corrected chi connectivity index (χ3v) is 4.32. The molecule has 1 aliphatic rings. The average molecular weight is 335 g/mol. The molecule has 23 heavy (non-hydrogen) atoms. The maximum absolute atomic E-state index is 5.41. The normalized spacial score (nSPS) is 14.9. The zero-order valence-corrected chi connectivity index (χ0v) is 14.0. The Kier molecular flexibility index (Phi) is 5.73. The number of nitrogens with zero attached hydrogens (tertiary/aromatic N) is 4. The van der Waals surface area contributed by atoms with Crippen molar-refractivity contribution in [1.82, 2.24) is 14.3 Å². The van der Waals surface area contributed by atoms with Gasteiger partial charge in [0.2, 0.25) is 5.13 Å². The number of ether oxygens (including phenoxy) is 2. The van der Waals surface area contributed by atoms with E-state index in [1.807, 2.05) is 12.3 Å². The van der Waals surface area contributed by atoms with Crippen LogP contribution in [0.2, 0.25) is 0 Å². The summed E-state index contributed by atoms with van der Waals surface area (Å²) in [6.07, 6.45) is 2.57. The summed E-state index contributed by atoms with van der Waals surface area (Å²) in [7, 11) is 1.68. The van der Waals surface area contributed by atoms with Crippen molar-refractivity contribution >= 4 is 22.5 Å². The molecule has 0 aliphatic carbocycles. The van der Waals surface area contributed by atoms with Gasteiger partial charge in [0.05, 0.1) is 19.8 Å². The lowest BCUT2D eigenvalue weighted by Crippen LogP contribution is -2.37. The molecule has 0 aromatic carbocycles. The van der Waals surface area contributed by atoms with E-state index in [0.29, 0.717) is 13.2 Å². The molecule has 3 rings (SSSR count). The first-order chi connectivity index (χ1) is 11.4. The molecule has 8 heteroatoms. The molecule has 3 heterocycles. The predicted octanol–water partition coefficient (Wildman–Crippen LogP) is 1.57. The molecule has 0 bridgehead atoms. The summed E-state index contributed by atoms with van der Waals surface area (Å²) in [5, 5.41) is 4.17. The van der Waals surface area contributed by atoms with Gasteiger partial charge in [-0.15, -0.1) is 0 Å². The van der Waals surface area contributed by atoms with Gasteiger partial charge in [-0.2, -0.15) is 4.37 Å². The molecule has 1 N–H and O–H groups in total. The molecule has 2 aromatic rings. The van der Waals surface area contributed by atoms with Gasteiger partial charge in [-0.3, -0.25) is 0 Å². The number of nitrogens with one attached hydrogen (secondary N) is 1. The van der Waals surface area contributed by atoms with Crippen molar-refractivity contribution in [2.24, 2.45) is 0 Å². The Balaban J connectivity index is 1.62. The number of pyridine rings is 1. The molecule has 0 radical (unpaired) electrons. The number of aromatic nitrogens is 3. The summed E-state index contributed by atoms with van der Waals surface area (Å²) in [6, 6.07) is 4.06. The second-order valence-corrected chi connectivity index (χ2v) is 5.95. The van der Waals surface area contributed by atoms with Crippen LogP contribution in [0.5, 0.6) is 0 Å². The van der Waals surface area contributed by atoms with Crippen LogP contribution in [0.4, 0.5) is 10.9 Å². The molecule has 124 valence electrons. The van der Waals surface area contributed by atoms with E-state index in [2.05, 4.69) is 30.6 Å². The summed E-state index contributed by atoms with van der Waals surface area (Å²) < 4.78 is 14.8. The second-order valence-electron chi connectivity index (χ2n) is 5.20. The van der Waals surface area contributed by atoms with Gasteiger partial charge in [-0.05, 0) is 6.07 Å². The minimum absolute atomic E-state index is 0.639. The summed E-state index contributed by atoms with van der Waals surface area (Å²) in [5.74, 6) is 1.84. The summed E-state index contributed by atoms with van der Waals surface area (Å²) in [6.45, 7) is 4.58. The predicted molar refractivity (Wildman–Crippen MR) is 90.1 cm³/mol. The van der Waals surface area contributed by atoms with Crippen molar-refractivity contribution in [3.05, 3.63) is 29.7 Å². The fraction of sp³-hybridized carbons (Fsp3) is 0.533. The van der Waals surface area contributed by atoms with Crippen molar-refractivity contribution in [1.29, 1.82) is 0 Å². The molecule has 1 aliphatic heterocycles. The number of rotatable bonds is 7. The first-order valence-corrected chi connectivity index (χ1v) is 8.46. The van der Waals surface area contributed by atoms with Gasteiger partial charge in [0, 0.05) is 56.5 Å². The summed E-state index contributed by atoms with van der Waals surface area (Å²) >= 11 is 1.38. The molecule has 2 aromatic heterocycles. The van der Waals surface area contributed by atoms with E-state index in [0.717, 1.165) is 55.1 Å². The first kappa shape index (κ1) is 16.1. The van der Waals surface area contributed by atoms with Crippen LogP contribution in [0.3, 0.4) is 0 Å². The lowest BCUT2D eigenvalue weighted by atomic mass is 10.2. The Morgan fingerprint density at radius 1 is 1.39 bits per heavy atom. The van der Waals surface area contributed by atoms with Gasteiger partial charge >= 0.3 is 0 Å². The van der Waals surface area contributed by atoms with Gasteiger partial charge in [0.1, 0.15) is 11.6 Å². The monoisotopic (exact) mass is 335 g/mol. The van der Waals surface area contributed by atoms with Crippen molar-refractivity contribution < 1.29 is 9.47 Å². The van der Waals surface area contributed by atoms with E-state index in [1.54, 1.807) is 7.11 Å². The third kappa shape index (κ3) is 4.37. The van der Waals surface area contributed by atoms with Crippen LogP contribution in [-0.4, -0.2) is 54.4 Å². The smallest absolute Gasteiger partial charge is 0.202 e. The number of methoxy groups -OCH3 is 1. The van der Waals surface area contributed by atoms with Crippen LogP contribution >= 0.6 is 11.5 Å². The van der Waals surface area contributed by atoms with Crippen LogP contribution in [0.15, 0.2) is 18.3 Å². The molecule has 1 saturated heterocycles. The van der Waals surface area contributed by atoms with Crippen LogP contribution in [0.25, 0.3) is 0 Å². The van der Waals surface area contributed by atoms with E-state index in [4.69, 9.17) is 9.47 Å². The van der Waals surface area contributed by atoms with E-state index in [-0.39, 0.29) is 0 Å². The Bertz CT molecular complexity index is 615. The van der Waals surface area contributed by atoms with E-state index in [9.17, 15) is 0 Å². The Hall–Kier alpha value is -1.77. The number of morpholine rings is 1. The van der Waals surface area contributed by atoms with Crippen molar-refractivity contribution in [3.8, 4) is 0 Å². The van der Waals surface area contributed by atoms with Gasteiger partial charge in [0.15, 0.2) is 0 Å². The number of anilines is 2. The van der Waals surface area contributed by atoms with E-state index >= 15 is 0 Å². The first-order valence-electron chi connectivity index (χ1n) is 7.69. The Morgan fingerprint density at radius 2 is 2.26 bits per heavy atom. The van der Waals surface area contributed by atoms with Gasteiger partial charge in [-0.25, -0.2) is 9.97 Å². The number of hydrogen-bond acceptors (Lipinski definition) is 8. The SMILES string of the molecule is COCCc1nsc(NCc2cccnc2N2CCOCC2)n1. The van der Waals surface area contributed by atoms with Crippen molar-refractivity contribution in [3.63, 3.8) is 0 Å². The fourth-order valence-corrected chi connectivity index (χ4v) is 3.03. The fourth-order valence-electron chi connectivity index (χ4n) is 2.42. The van der Waals surface area contributed by atoms with Gasteiger partial charge in [-0.1, -0.05) is 6.07 Å². The lowest BCUT2D eigenvalue weighted by molar-refractivity contribution is 0.122. The highest BCUT2D eigenvalue weighted by Crippen LogP contribution is 2.20. The zero-order chi connectivity index (χ0) is 15.9. The quantitative estimate of drug-likeness (QED) is 0.823. The highest BCUT2D eigenvalue weighted by molar-refractivity contribution is 7.09. The molecule has 0 unspecified atom stereocenters. The molecule has 0 saturated carbocycles. The molecule has 7 nitrogen and oxygen atoms in total. The molecule has 0 amide bonds. The van der Waals surface area contributed by atoms with Crippen molar-refractivity contribution in [2.45, 2.75) is 13.0 Å². The molecular formula is C15H21N5O2S. The maximum Gasteiger partial charge on any atom is 0.202 e. The molecule has 1 fully saturated rings. The van der Waals surface area contributed by atoms with Gasteiger partial charge in [0.25, 0.3) is 0 Å². The standard InChI is InChI=1S/C15H21N5O2S/c1-21-8-4-13-18-15(23-19-13)17-11-12-3-2-5-16-14(12)20-6-9-22-10-7-20/h2-3,5H,4,6-11H2,1H3,(H,17,18,19). The Morgan fingerprint density at radius 3 is 3.09 bits per heavy atom. The minimum Gasteiger partial charge on any atom is -0.384 e. The second kappa shape index (κ2) is 8.19. The van der Waals surface area contributed by atoms with Crippen LogP contribution < -0.4 is 10.2 Å². The largest absolute Gasteiger partial charge is 0.384 e. The average Bonchev–Trinajstić information content (AvgIpc) is 3.07. The highest BCUT2D eigenvalue weighted by Gasteiger charge is 2.16. The summed E-state index contributed by atoms with van der Waals surface area (Å²) in [5.41, 5.74) is 1.16. The maximum atomic E-state index is 5.41. The van der Waals surface area contributed by atoms with Crippen LogP contribution in [0, 0.1) is 0 Å². The molecular weight excluding hydrogens is 314 g/mol.